The first-order valence-electron chi connectivity index (χ1n) is 6.15. The highest BCUT2D eigenvalue weighted by atomic mass is 32.2. The number of anilines is 1. The molecule has 1 unspecified atom stereocenters. The largest absolute Gasteiger partial charge is 0.318 e. The zero-order chi connectivity index (χ0) is 14.9. The third kappa shape index (κ3) is 2.35. The molecule has 1 aromatic rings. The maximum Gasteiger partial charge on any atom is 0.313 e. The Labute approximate surface area is 116 Å². The molecule has 2 rings (SSSR count). The van der Waals surface area contributed by atoms with Gasteiger partial charge in [0.2, 0.25) is 10.0 Å². The number of para-hydroxylation sites is 1. The average Bonchev–Trinajstić information content (AvgIpc) is 2.84. The number of nitrogens with two attached hydrogens (primary N) is 1. The minimum absolute atomic E-state index is 0.0251. The molecule has 1 aromatic carbocycles. The van der Waals surface area contributed by atoms with Crippen LogP contribution in [0.1, 0.15) is 19.8 Å². The highest BCUT2D eigenvalue weighted by Crippen LogP contribution is 2.35. The summed E-state index contributed by atoms with van der Waals surface area (Å²) in [5.74, 6) is 5.22. The number of benzene rings is 1. The van der Waals surface area contributed by atoms with Gasteiger partial charge in [-0.1, -0.05) is 6.07 Å². The lowest BCUT2D eigenvalue weighted by Crippen LogP contribution is -2.34. The molecular weight excluding hydrogens is 284 g/mol. The van der Waals surface area contributed by atoms with Gasteiger partial charge in [0.05, 0.1) is 4.92 Å². The first-order valence-corrected chi connectivity index (χ1v) is 7.59. The van der Waals surface area contributed by atoms with Gasteiger partial charge < -0.3 is 5.43 Å². The fourth-order valence-electron chi connectivity index (χ4n) is 2.43. The number of nitrogens with zero attached hydrogens (tertiary/aromatic N) is 2. The number of nitrogen functional groups attached to an aromatic ring is 1. The topological polar surface area (TPSA) is 119 Å². The summed E-state index contributed by atoms with van der Waals surface area (Å²) in [4.78, 5) is 10.1. The average molecular weight is 300 g/mol. The van der Waals surface area contributed by atoms with E-state index < -0.39 is 20.6 Å². The third-order valence-electron chi connectivity index (χ3n) is 3.42. The van der Waals surface area contributed by atoms with Crippen LogP contribution in [0.25, 0.3) is 0 Å². The van der Waals surface area contributed by atoms with Crippen LogP contribution < -0.4 is 11.3 Å². The maximum absolute atomic E-state index is 12.6. The molecule has 20 heavy (non-hydrogen) atoms. The summed E-state index contributed by atoms with van der Waals surface area (Å²) in [5.41, 5.74) is 1.62. The van der Waals surface area contributed by atoms with Crippen LogP contribution in [0.2, 0.25) is 0 Å². The second kappa shape index (κ2) is 5.35. The van der Waals surface area contributed by atoms with Crippen LogP contribution in [0.5, 0.6) is 0 Å². The molecule has 1 atom stereocenters. The first-order chi connectivity index (χ1) is 9.39. The normalized spacial score (nSPS) is 20.0. The van der Waals surface area contributed by atoms with Crippen molar-refractivity contribution in [2.24, 2.45) is 5.84 Å². The Morgan fingerprint density at radius 3 is 2.70 bits per heavy atom. The van der Waals surface area contributed by atoms with Crippen LogP contribution in [0.4, 0.5) is 11.4 Å². The molecule has 0 amide bonds. The molecule has 0 bridgehead atoms. The number of hydrazine groups is 1. The molecule has 1 aliphatic heterocycles. The Hall–Kier alpha value is -1.71. The standard InChI is InChI=1S/C11H16N4O4S/c1-8-4-3-7-14(8)20(18,19)10-6-2-5-9(13-12)11(10)15(16)17/h2,5-6,8,13H,3-4,7,12H2,1H3. The summed E-state index contributed by atoms with van der Waals surface area (Å²) in [6.45, 7) is 2.17. The number of rotatable bonds is 4. The predicted octanol–water partition coefficient (Wildman–Crippen LogP) is 1.05. The minimum atomic E-state index is -3.90. The van der Waals surface area contributed by atoms with Crippen LogP contribution in [0.15, 0.2) is 23.1 Å². The van der Waals surface area contributed by atoms with E-state index in [0.29, 0.717) is 6.54 Å². The SMILES string of the molecule is CC1CCCN1S(=O)(=O)c1cccc(NN)c1[N+](=O)[O-]. The summed E-state index contributed by atoms with van der Waals surface area (Å²) in [6.07, 6.45) is 1.50. The molecule has 0 aromatic heterocycles. The molecular formula is C11H16N4O4S. The van der Waals surface area contributed by atoms with Crippen LogP contribution in [-0.2, 0) is 10.0 Å². The minimum Gasteiger partial charge on any atom is -0.318 e. The smallest absolute Gasteiger partial charge is 0.313 e. The van der Waals surface area contributed by atoms with E-state index in [2.05, 4.69) is 5.43 Å². The van der Waals surface area contributed by atoms with E-state index in [4.69, 9.17) is 5.84 Å². The number of nitro groups is 1. The van der Waals surface area contributed by atoms with E-state index in [1.165, 1.54) is 22.5 Å². The van der Waals surface area contributed by atoms with E-state index in [9.17, 15) is 18.5 Å². The molecule has 1 saturated heterocycles. The monoisotopic (exact) mass is 300 g/mol. The van der Waals surface area contributed by atoms with Crippen LogP contribution in [0, 0.1) is 10.1 Å². The molecule has 9 heteroatoms. The van der Waals surface area contributed by atoms with Gasteiger partial charge in [-0.05, 0) is 31.9 Å². The van der Waals surface area contributed by atoms with E-state index in [-0.39, 0.29) is 16.6 Å². The van der Waals surface area contributed by atoms with E-state index in [0.717, 1.165) is 12.8 Å². The Morgan fingerprint density at radius 1 is 1.50 bits per heavy atom. The summed E-state index contributed by atoms with van der Waals surface area (Å²) in [5, 5.41) is 11.2. The zero-order valence-electron chi connectivity index (χ0n) is 10.9. The lowest BCUT2D eigenvalue weighted by Gasteiger charge is -2.21. The zero-order valence-corrected chi connectivity index (χ0v) is 11.8. The van der Waals surface area contributed by atoms with Gasteiger partial charge in [-0.3, -0.25) is 16.0 Å². The fourth-order valence-corrected chi connectivity index (χ4v) is 4.31. The number of hydrogen-bond acceptors (Lipinski definition) is 6. The molecule has 1 heterocycles. The molecule has 1 fully saturated rings. The quantitative estimate of drug-likeness (QED) is 0.487. The van der Waals surface area contributed by atoms with E-state index >= 15 is 0 Å². The van der Waals surface area contributed by atoms with Crippen molar-refractivity contribution in [1.29, 1.82) is 0 Å². The molecule has 3 N–H and O–H groups in total. The number of hydrogen-bond donors (Lipinski definition) is 2. The molecule has 110 valence electrons. The van der Waals surface area contributed by atoms with Crippen molar-refractivity contribution in [3.05, 3.63) is 28.3 Å². The second-order valence-corrected chi connectivity index (χ2v) is 6.52. The molecule has 0 saturated carbocycles. The summed E-state index contributed by atoms with van der Waals surface area (Å²) >= 11 is 0. The van der Waals surface area contributed by atoms with Gasteiger partial charge in [0.25, 0.3) is 0 Å². The number of sulfonamides is 1. The van der Waals surface area contributed by atoms with Crippen molar-refractivity contribution in [3.8, 4) is 0 Å². The Kier molecular flexibility index (Phi) is 3.93. The van der Waals surface area contributed by atoms with E-state index in [1.54, 1.807) is 6.92 Å². The van der Waals surface area contributed by atoms with Crippen molar-refractivity contribution in [3.63, 3.8) is 0 Å². The Bertz CT molecular complexity index is 631. The fraction of sp³-hybridized carbons (Fsp3) is 0.455. The molecule has 8 nitrogen and oxygen atoms in total. The number of nitrogens with one attached hydrogen (secondary N) is 1. The van der Waals surface area contributed by atoms with E-state index in [1.807, 2.05) is 0 Å². The van der Waals surface area contributed by atoms with Gasteiger partial charge in [-0.25, -0.2) is 8.42 Å². The first kappa shape index (κ1) is 14.7. The highest BCUT2D eigenvalue weighted by molar-refractivity contribution is 7.89. The Balaban J connectivity index is 2.60. The molecule has 0 aliphatic carbocycles. The molecule has 0 radical (unpaired) electrons. The van der Waals surface area contributed by atoms with Crippen molar-refractivity contribution < 1.29 is 13.3 Å². The van der Waals surface area contributed by atoms with Gasteiger partial charge in [0.15, 0.2) is 4.90 Å². The molecule has 0 spiro atoms. The van der Waals surface area contributed by atoms with Crippen LogP contribution >= 0.6 is 0 Å². The van der Waals surface area contributed by atoms with Crippen LogP contribution in [0.3, 0.4) is 0 Å². The van der Waals surface area contributed by atoms with Gasteiger partial charge in [0.1, 0.15) is 5.69 Å². The lowest BCUT2D eigenvalue weighted by atomic mass is 10.3. The van der Waals surface area contributed by atoms with Gasteiger partial charge in [-0.2, -0.15) is 4.31 Å². The van der Waals surface area contributed by atoms with Crippen LogP contribution in [-0.4, -0.2) is 30.2 Å². The maximum atomic E-state index is 12.6. The molecule has 1 aliphatic rings. The van der Waals surface area contributed by atoms with Gasteiger partial charge >= 0.3 is 5.69 Å². The summed E-state index contributed by atoms with van der Waals surface area (Å²) < 4.78 is 26.5. The lowest BCUT2D eigenvalue weighted by molar-refractivity contribution is -0.386. The third-order valence-corrected chi connectivity index (χ3v) is 5.46. The summed E-state index contributed by atoms with van der Waals surface area (Å²) in [6, 6.07) is 3.87. The van der Waals surface area contributed by atoms with Crippen molar-refractivity contribution in [1.82, 2.24) is 4.31 Å². The van der Waals surface area contributed by atoms with Crippen molar-refractivity contribution >= 4 is 21.4 Å². The van der Waals surface area contributed by atoms with Gasteiger partial charge in [-0.15, -0.1) is 0 Å². The van der Waals surface area contributed by atoms with Crippen molar-refractivity contribution in [2.45, 2.75) is 30.7 Å². The predicted molar refractivity (Wildman–Crippen MR) is 73.5 cm³/mol. The summed E-state index contributed by atoms with van der Waals surface area (Å²) in [7, 11) is -3.90. The van der Waals surface area contributed by atoms with Gasteiger partial charge in [0, 0.05) is 12.6 Å². The second-order valence-electron chi connectivity index (χ2n) is 4.66. The number of nitro benzene ring substituents is 1. The highest BCUT2D eigenvalue weighted by Gasteiger charge is 2.37. The Morgan fingerprint density at radius 2 is 2.20 bits per heavy atom. The van der Waals surface area contributed by atoms with Crippen molar-refractivity contribution in [2.75, 3.05) is 12.0 Å².